The van der Waals surface area contributed by atoms with Crippen LogP contribution in [0.2, 0.25) is 0 Å². The van der Waals surface area contributed by atoms with Crippen LogP contribution in [0.25, 0.3) is 0 Å². The van der Waals surface area contributed by atoms with Crippen LogP contribution in [0.1, 0.15) is 17.5 Å². The molecule has 1 saturated heterocycles. The van der Waals surface area contributed by atoms with Crippen LogP contribution in [-0.4, -0.2) is 33.2 Å². The lowest BCUT2D eigenvalue weighted by Crippen LogP contribution is -2.33. The second-order valence-corrected chi connectivity index (χ2v) is 4.44. The van der Waals surface area contributed by atoms with Crippen molar-refractivity contribution >= 4 is 0 Å². The van der Waals surface area contributed by atoms with E-state index < -0.39 is 0 Å². The number of hydrogen-bond donors (Lipinski definition) is 1. The van der Waals surface area contributed by atoms with Gasteiger partial charge in [-0.1, -0.05) is 24.3 Å². The van der Waals surface area contributed by atoms with E-state index in [4.69, 9.17) is 14.2 Å². The number of ether oxygens (including phenoxy) is 3. The number of benzene rings is 1. The maximum absolute atomic E-state index is 5.48. The van der Waals surface area contributed by atoms with Crippen LogP contribution >= 0.6 is 0 Å². The van der Waals surface area contributed by atoms with Crippen molar-refractivity contribution in [3.63, 3.8) is 0 Å². The van der Waals surface area contributed by atoms with Crippen LogP contribution in [0.15, 0.2) is 24.3 Å². The Morgan fingerprint density at radius 3 is 2.89 bits per heavy atom. The third-order valence-corrected chi connectivity index (χ3v) is 3.08. The Morgan fingerprint density at radius 2 is 2.17 bits per heavy atom. The van der Waals surface area contributed by atoms with Gasteiger partial charge in [-0.25, -0.2) is 0 Å². The van der Waals surface area contributed by atoms with Crippen LogP contribution in [-0.2, 0) is 27.4 Å². The SMILES string of the molecule is COCc1ccccc1CNCC1CCOCO1. The van der Waals surface area contributed by atoms with E-state index in [1.165, 1.54) is 11.1 Å². The predicted octanol–water partition coefficient (Wildman–Crippen LogP) is 1.69. The Morgan fingerprint density at radius 1 is 1.33 bits per heavy atom. The van der Waals surface area contributed by atoms with Crippen molar-refractivity contribution in [3.8, 4) is 0 Å². The van der Waals surface area contributed by atoms with Crippen molar-refractivity contribution in [1.82, 2.24) is 5.32 Å². The van der Waals surface area contributed by atoms with Crippen molar-refractivity contribution < 1.29 is 14.2 Å². The van der Waals surface area contributed by atoms with E-state index in [1.54, 1.807) is 7.11 Å². The first kappa shape index (κ1) is 13.5. The van der Waals surface area contributed by atoms with Crippen LogP contribution in [0.5, 0.6) is 0 Å². The van der Waals surface area contributed by atoms with Gasteiger partial charge in [-0.15, -0.1) is 0 Å². The van der Waals surface area contributed by atoms with Gasteiger partial charge >= 0.3 is 0 Å². The molecule has 0 spiro atoms. The van der Waals surface area contributed by atoms with Gasteiger partial charge in [0.2, 0.25) is 0 Å². The second-order valence-electron chi connectivity index (χ2n) is 4.44. The Hall–Kier alpha value is -0.940. The highest BCUT2D eigenvalue weighted by Crippen LogP contribution is 2.10. The van der Waals surface area contributed by atoms with Gasteiger partial charge in [0.15, 0.2) is 0 Å². The van der Waals surface area contributed by atoms with Gasteiger partial charge in [0.1, 0.15) is 6.79 Å². The standard InChI is InChI=1S/C14H21NO3/c1-16-10-13-5-3-2-4-12(13)8-15-9-14-6-7-17-11-18-14/h2-5,14-15H,6-11H2,1H3. The Kier molecular flexibility index (Phi) is 5.61. The molecule has 1 aliphatic rings. The highest BCUT2D eigenvalue weighted by molar-refractivity contribution is 5.26. The highest BCUT2D eigenvalue weighted by Gasteiger charge is 2.13. The topological polar surface area (TPSA) is 39.7 Å². The summed E-state index contributed by atoms with van der Waals surface area (Å²) in [5.41, 5.74) is 2.52. The van der Waals surface area contributed by atoms with Gasteiger partial charge < -0.3 is 19.5 Å². The third kappa shape index (κ3) is 4.07. The van der Waals surface area contributed by atoms with Gasteiger partial charge in [-0.3, -0.25) is 0 Å². The number of nitrogens with one attached hydrogen (secondary N) is 1. The van der Waals surface area contributed by atoms with Crippen LogP contribution < -0.4 is 5.32 Å². The largest absolute Gasteiger partial charge is 0.380 e. The number of methoxy groups -OCH3 is 1. The van der Waals surface area contributed by atoms with Crippen molar-refractivity contribution in [3.05, 3.63) is 35.4 Å². The summed E-state index contributed by atoms with van der Waals surface area (Å²) >= 11 is 0. The molecule has 0 aromatic heterocycles. The van der Waals surface area contributed by atoms with Gasteiger partial charge in [-0.05, 0) is 17.5 Å². The summed E-state index contributed by atoms with van der Waals surface area (Å²) in [4.78, 5) is 0. The lowest BCUT2D eigenvalue weighted by atomic mass is 10.1. The van der Waals surface area contributed by atoms with E-state index in [9.17, 15) is 0 Å². The van der Waals surface area contributed by atoms with Gasteiger partial charge in [0, 0.05) is 20.2 Å². The molecule has 2 rings (SSSR count). The maximum atomic E-state index is 5.48. The smallest absolute Gasteiger partial charge is 0.147 e. The van der Waals surface area contributed by atoms with Crippen LogP contribution in [0.3, 0.4) is 0 Å². The molecule has 0 radical (unpaired) electrons. The van der Waals surface area contributed by atoms with Crippen LogP contribution in [0.4, 0.5) is 0 Å². The molecule has 1 atom stereocenters. The first-order valence-corrected chi connectivity index (χ1v) is 6.36. The molecule has 1 unspecified atom stereocenters. The average molecular weight is 251 g/mol. The highest BCUT2D eigenvalue weighted by atomic mass is 16.7. The van der Waals surface area contributed by atoms with Gasteiger partial charge in [0.25, 0.3) is 0 Å². The van der Waals surface area contributed by atoms with E-state index in [2.05, 4.69) is 23.5 Å². The molecular formula is C14H21NO3. The molecule has 0 saturated carbocycles. The molecule has 4 heteroatoms. The zero-order valence-corrected chi connectivity index (χ0v) is 10.9. The fourth-order valence-corrected chi connectivity index (χ4v) is 2.06. The third-order valence-electron chi connectivity index (χ3n) is 3.08. The lowest BCUT2D eigenvalue weighted by molar-refractivity contribution is -0.137. The molecule has 0 aliphatic carbocycles. The summed E-state index contributed by atoms with van der Waals surface area (Å²) in [7, 11) is 1.72. The summed E-state index contributed by atoms with van der Waals surface area (Å²) in [6.07, 6.45) is 1.24. The molecule has 0 bridgehead atoms. The molecule has 4 nitrogen and oxygen atoms in total. The summed E-state index contributed by atoms with van der Waals surface area (Å²) in [5, 5.41) is 3.43. The fourth-order valence-electron chi connectivity index (χ4n) is 2.06. The number of hydrogen-bond acceptors (Lipinski definition) is 4. The molecule has 1 aromatic rings. The van der Waals surface area contributed by atoms with Gasteiger partial charge in [0.05, 0.1) is 19.3 Å². The summed E-state index contributed by atoms with van der Waals surface area (Å²) in [5.74, 6) is 0. The first-order valence-electron chi connectivity index (χ1n) is 6.36. The van der Waals surface area contributed by atoms with Crippen molar-refractivity contribution in [2.24, 2.45) is 0 Å². The monoisotopic (exact) mass is 251 g/mol. The van der Waals surface area contributed by atoms with E-state index >= 15 is 0 Å². The summed E-state index contributed by atoms with van der Waals surface area (Å²) in [6.45, 7) is 3.59. The molecule has 100 valence electrons. The van der Waals surface area contributed by atoms with E-state index in [0.717, 1.165) is 26.1 Å². The maximum Gasteiger partial charge on any atom is 0.147 e. The minimum Gasteiger partial charge on any atom is -0.380 e. The molecule has 1 fully saturated rings. The van der Waals surface area contributed by atoms with Gasteiger partial charge in [-0.2, -0.15) is 0 Å². The quantitative estimate of drug-likeness (QED) is 0.835. The molecule has 0 amide bonds. The molecule has 1 aromatic carbocycles. The molecular weight excluding hydrogens is 230 g/mol. The predicted molar refractivity (Wildman–Crippen MR) is 69.2 cm³/mol. The Balaban J connectivity index is 1.78. The van der Waals surface area contributed by atoms with Crippen LogP contribution in [0, 0.1) is 0 Å². The normalized spacial score (nSPS) is 19.9. The van der Waals surface area contributed by atoms with Crippen molar-refractivity contribution in [2.75, 3.05) is 27.1 Å². The fraction of sp³-hybridized carbons (Fsp3) is 0.571. The number of rotatable bonds is 6. The average Bonchev–Trinajstić information content (AvgIpc) is 2.42. The Labute approximate surface area is 108 Å². The Bertz CT molecular complexity index is 351. The van der Waals surface area contributed by atoms with E-state index in [1.807, 2.05) is 6.07 Å². The molecule has 1 N–H and O–H groups in total. The summed E-state index contributed by atoms with van der Waals surface area (Å²) < 4.78 is 15.8. The van der Waals surface area contributed by atoms with Crippen molar-refractivity contribution in [2.45, 2.75) is 25.7 Å². The van der Waals surface area contributed by atoms with E-state index in [-0.39, 0.29) is 6.10 Å². The zero-order chi connectivity index (χ0) is 12.6. The minimum atomic E-state index is 0.272. The molecule has 18 heavy (non-hydrogen) atoms. The zero-order valence-electron chi connectivity index (χ0n) is 10.9. The summed E-state index contributed by atoms with van der Waals surface area (Å²) in [6, 6.07) is 8.33. The minimum absolute atomic E-state index is 0.272. The van der Waals surface area contributed by atoms with E-state index in [0.29, 0.717) is 13.4 Å². The van der Waals surface area contributed by atoms with Crippen molar-refractivity contribution in [1.29, 1.82) is 0 Å². The second kappa shape index (κ2) is 7.48. The molecule has 1 heterocycles. The first-order chi connectivity index (χ1) is 8.90. The lowest BCUT2D eigenvalue weighted by Gasteiger charge is -2.23. The molecule has 1 aliphatic heterocycles.